The number of aliphatic carboxylic acids is 1. The van der Waals surface area contributed by atoms with Crippen LogP contribution in [0.25, 0.3) is 11.1 Å². The lowest BCUT2D eigenvalue weighted by Gasteiger charge is -2.20. The van der Waals surface area contributed by atoms with Gasteiger partial charge in [-0.2, -0.15) is 0 Å². The summed E-state index contributed by atoms with van der Waals surface area (Å²) in [4.78, 5) is 40.3. The van der Waals surface area contributed by atoms with Gasteiger partial charge in [-0.25, -0.2) is 15.1 Å². The van der Waals surface area contributed by atoms with Crippen LogP contribution in [0.5, 0.6) is 0 Å². The van der Waals surface area contributed by atoms with Gasteiger partial charge in [0.15, 0.2) is 6.10 Å². The Hall–Kier alpha value is -3.39. The van der Waals surface area contributed by atoms with Crippen LogP contribution < -0.4 is 10.8 Å². The molecule has 2 atom stereocenters. The highest BCUT2D eigenvalue weighted by Gasteiger charge is 2.29. The smallest absolute Gasteiger partial charge is 0.407 e. The highest BCUT2D eigenvalue weighted by Crippen LogP contribution is 2.44. The van der Waals surface area contributed by atoms with Gasteiger partial charge in [-0.3, -0.25) is 9.63 Å². The molecule has 0 bridgehead atoms. The van der Waals surface area contributed by atoms with Gasteiger partial charge in [0.2, 0.25) is 5.91 Å². The van der Waals surface area contributed by atoms with Crippen molar-refractivity contribution in [3.63, 3.8) is 0 Å². The van der Waals surface area contributed by atoms with Crippen molar-refractivity contribution < 1.29 is 29.1 Å². The number of rotatable bonds is 11. The zero-order valence-electron chi connectivity index (χ0n) is 18.9. The lowest BCUT2D eigenvalue weighted by atomic mass is 9.98. The van der Waals surface area contributed by atoms with Crippen LogP contribution in [0, 0.1) is 0 Å². The number of amides is 2. The Kier molecular flexibility index (Phi) is 8.43. The molecule has 176 valence electrons. The van der Waals surface area contributed by atoms with Crippen LogP contribution in [-0.2, 0) is 19.2 Å². The Bertz CT molecular complexity index is 947. The highest BCUT2D eigenvalue weighted by atomic mass is 16.7. The number of carbonyl (C=O) groups is 3. The predicted molar refractivity (Wildman–Crippen MR) is 122 cm³/mol. The second-order valence-electron chi connectivity index (χ2n) is 8.14. The molecule has 0 fully saturated rings. The molecule has 3 rings (SSSR count). The number of unbranched alkanes of at least 4 members (excludes halogenated alkanes) is 1. The summed E-state index contributed by atoms with van der Waals surface area (Å²) in [5.74, 6) is -1.75. The maximum absolute atomic E-state index is 12.6. The number of hydrogen-bond donors (Lipinski definition) is 3. The summed E-state index contributed by atoms with van der Waals surface area (Å²) in [7, 11) is 0. The fourth-order valence-corrected chi connectivity index (χ4v) is 3.95. The second-order valence-corrected chi connectivity index (χ2v) is 8.14. The molecular weight excluding hydrogens is 424 g/mol. The number of ether oxygens (including phenoxy) is 1. The van der Waals surface area contributed by atoms with E-state index in [1.165, 1.54) is 6.92 Å². The molecule has 1 aliphatic carbocycles. The summed E-state index contributed by atoms with van der Waals surface area (Å²) in [6.07, 6.45) is 0.494. The van der Waals surface area contributed by atoms with Gasteiger partial charge in [0.25, 0.3) is 0 Å². The first-order valence-corrected chi connectivity index (χ1v) is 11.2. The lowest BCUT2D eigenvalue weighted by molar-refractivity contribution is -0.158. The molecule has 3 N–H and O–H groups in total. The van der Waals surface area contributed by atoms with E-state index in [1.807, 2.05) is 43.3 Å². The fraction of sp³-hybridized carbons (Fsp3) is 0.400. The number of alkyl carbamates (subject to hydrolysis) is 1. The summed E-state index contributed by atoms with van der Waals surface area (Å²) < 4.78 is 5.57. The van der Waals surface area contributed by atoms with Crippen molar-refractivity contribution in [3.8, 4) is 11.1 Å². The Morgan fingerprint density at radius 1 is 1.03 bits per heavy atom. The number of hydrogen-bond acceptors (Lipinski definition) is 5. The minimum Gasteiger partial charge on any atom is -0.479 e. The third kappa shape index (κ3) is 6.32. The molecule has 0 saturated heterocycles. The summed E-state index contributed by atoms with van der Waals surface area (Å²) in [6.45, 7) is 3.51. The minimum atomic E-state index is -1.19. The zero-order valence-corrected chi connectivity index (χ0v) is 18.9. The van der Waals surface area contributed by atoms with E-state index in [0.717, 1.165) is 35.1 Å². The van der Waals surface area contributed by atoms with E-state index in [0.29, 0.717) is 6.42 Å². The minimum absolute atomic E-state index is 0.0451. The standard InChI is InChI=1S/C25H30N2O6/c1-3-4-9-17(14-23(28)27-33-16(2)24(29)30)26-25(31)32-15-22-20-12-7-5-10-18(20)19-11-6-8-13-21(19)22/h5-8,10-13,16-17,22H,3-4,9,14-15H2,1-2H3,(H,26,31)(H,27,28)(H,29,30). The van der Waals surface area contributed by atoms with E-state index in [2.05, 4.69) is 22.9 Å². The van der Waals surface area contributed by atoms with Gasteiger partial charge in [0, 0.05) is 18.4 Å². The normalized spacial score (nSPS) is 14.0. The number of benzene rings is 2. The Morgan fingerprint density at radius 3 is 2.21 bits per heavy atom. The third-order valence-electron chi connectivity index (χ3n) is 5.70. The first kappa shape index (κ1) is 24.3. The van der Waals surface area contributed by atoms with Crippen molar-refractivity contribution in [2.45, 2.75) is 57.6 Å². The number of carboxylic acids is 1. The largest absolute Gasteiger partial charge is 0.479 e. The van der Waals surface area contributed by atoms with E-state index in [4.69, 9.17) is 14.7 Å². The molecule has 0 aliphatic heterocycles. The fourth-order valence-electron chi connectivity index (χ4n) is 3.95. The first-order valence-electron chi connectivity index (χ1n) is 11.2. The van der Waals surface area contributed by atoms with E-state index in [1.54, 1.807) is 0 Å². The summed E-state index contributed by atoms with van der Waals surface area (Å²) >= 11 is 0. The van der Waals surface area contributed by atoms with Crippen LogP contribution in [0.1, 0.15) is 56.6 Å². The summed E-state index contributed by atoms with van der Waals surface area (Å²) in [5.41, 5.74) is 6.67. The number of carboxylic acid groups (broad SMARTS) is 1. The van der Waals surface area contributed by atoms with Gasteiger partial charge in [-0.05, 0) is 35.6 Å². The van der Waals surface area contributed by atoms with Crippen LogP contribution in [-0.4, -0.2) is 41.8 Å². The Morgan fingerprint density at radius 2 is 1.64 bits per heavy atom. The van der Waals surface area contributed by atoms with Crippen LogP contribution in [0.2, 0.25) is 0 Å². The maximum atomic E-state index is 12.6. The SMILES string of the molecule is CCCCC(CC(=O)NOC(C)C(=O)O)NC(=O)OCC1c2ccccc2-c2ccccc21. The van der Waals surface area contributed by atoms with Crippen LogP contribution in [0.4, 0.5) is 4.79 Å². The molecule has 2 aromatic rings. The van der Waals surface area contributed by atoms with Gasteiger partial charge in [0.1, 0.15) is 6.61 Å². The third-order valence-corrected chi connectivity index (χ3v) is 5.70. The lowest BCUT2D eigenvalue weighted by Crippen LogP contribution is -2.41. The van der Waals surface area contributed by atoms with Crippen molar-refractivity contribution in [1.82, 2.24) is 10.8 Å². The molecule has 0 radical (unpaired) electrons. The molecule has 2 unspecified atom stereocenters. The zero-order chi connectivity index (χ0) is 23.8. The van der Waals surface area contributed by atoms with Crippen molar-refractivity contribution in [3.05, 3.63) is 59.7 Å². The highest BCUT2D eigenvalue weighted by molar-refractivity contribution is 5.79. The number of hydroxylamine groups is 1. The average Bonchev–Trinajstić information content (AvgIpc) is 3.13. The van der Waals surface area contributed by atoms with Gasteiger partial charge in [0.05, 0.1) is 0 Å². The van der Waals surface area contributed by atoms with E-state index < -0.39 is 30.1 Å². The molecule has 2 amide bonds. The van der Waals surface area contributed by atoms with Gasteiger partial charge >= 0.3 is 12.1 Å². The van der Waals surface area contributed by atoms with Crippen LogP contribution in [0.15, 0.2) is 48.5 Å². The molecule has 2 aromatic carbocycles. The molecular formula is C25H30N2O6. The summed E-state index contributed by atoms with van der Waals surface area (Å²) in [6, 6.07) is 15.7. The Balaban J connectivity index is 1.57. The number of fused-ring (bicyclic) bond motifs is 3. The maximum Gasteiger partial charge on any atom is 0.407 e. The quantitative estimate of drug-likeness (QED) is 0.442. The van der Waals surface area contributed by atoms with Gasteiger partial charge in [-0.15, -0.1) is 0 Å². The van der Waals surface area contributed by atoms with Crippen molar-refractivity contribution in [2.75, 3.05) is 6.61 Å². The predicted octanol–water partition coefficient (Wildman–Crippen LogP) is 3.99. The van der Waals surface area contributed by atoms with Crippen molar-refractivity contribution in [2.24, 2.45) is 0 Å². The van der Waals surface area contributed by atoms with E-state index in [-0.39, 0.29) is 18.9 Å². The molecule has 0 saturated carbocycles. The average molecular weight is 455 g/mol. The molecule has 33 heavy (non-hydrogen) atoms. The van der Waals surface area contributed by atoms with E-state index in [9.17, 15) is 14.4 Å². The molecule has 0 heterocycles. The van der Waals surface area contributed by atoms with Crippen LogP contribution >= 0.6 is 0 Å². The molecule has 8 nitrogen and oxygen atoms in total. The summed E-state index contributed by atoms with van der Waals surface area (Å²) in [5, 5.41) is 11.6. The van der Waals surface area contributed by atoms with Crippen molar-refractivity contribution in [1.29, 1.82) is 0 Å². The van der Waals surface area contributed by atoms with Crippen molar-refractivity contribution >= 4 is 18.0 Å². The van der Waals surface area contributed by atoms with Gasteiger partial charge < -0.3 is 15.2 Å². The molecule has 1 aliphatic rings. The molecule has 0 spiro atoms. The van der Waals surface area contributed by atoms with Gasteiger partial charge in [-0.1, -0.05) is 68.3 Å². The first-order chi connectivity index (χ1) is 15.9. The molecule has 0 aromatic heterocycles. The molecule has 8 heteroatoms. The topological polar surface area (TPSA) is 114 Å². The van der Waals surface area contributed by atoms with Crippen LogP contribution in [0.3, 0.4) is 0 Å². The number of nitrogens with one attached hydrogen (secondary N) is 2. The monoisotopic (exact) mass is 454 g/mol. The van der Waals surface area contributed by atoms with E-state index >= 15 is 0 Å². The number of carbonyl (C=O) groups excluding carboxylic acids is 2. The Labute approximate surface area is 193 Å². The second kappa shape index (κ2) is 11.5.